The molecule has 0 amide bonds. The Labute approximate surface area is 171 Å². The first-order valence-corrected chi connectivity index (χ1v) is 10.4. The third-order valence-corrected chi connectivity index (χ3v) is 7.17. The summed E-state index contributed by atoms with van der Waals surface area (Å²) in [5.41, 5.74) is -5.21. The minimum absolute atomic E-state index is 0.257. The molecule has 0 radical (unpaired) electrons. The maximum atomic E-state index is 12.2. The van der Waals surface area contributed by atoms with Crippen LogP contribution in [0.4, 0.5) is 13.2 Å². The molecule has 0 N–H and O–H groups in total. The average Bonchev–Trinajstić information content (AvgIpc) is 2.38. The second-order valence-corrected chi connectivity index (χ2v) is 9.33. The van der Waals surface area contributed by atoms with Crippen LogP contribution in [0.3, 0.4) is 0 Å². The number of halogens is 6. The van der Waals surface area contributed by atoms with Crippen LogP contribution in [0.5, 0.6) is 0 Å². The summed E-state index contributed by atoms with van der Waals surface area (Å²) in [4.78, 5) is 12.0. The Bertz CT molecular complexity index is 709. The molecule has 0 aliphatic heterocycles. The van der Waals surface area contributed by atoms with E-state index in [1.54, 1.807) is 6.07 Å². The third kappa shape index (κ3) is 6.10. The summed E-state index contributed by atoms with van der Waals surface area (Å²) >= 11 is 5.99. The van der Waals surface area contributed by atoms with Crippen molar-refractivity contribution in [2.45, 2.75) is 18.5 Å². The number of benzene rings is 1. The standard InChI is InChI=1S/C11H8F3I3NO4S/c1-5(18-23(20,21)11(12,13)14)4-22-10(19)7-2-6(15)3-8(16)9(7)17/h2-3,5H,4H2,1H3/q-1. The van der Waals surface area contributed by atoms with Gasteiger partial charge in [-0.05, 0) is 79.9 Å². The van der Waals surface area contributed by atoms with Crippen LogP contribution in [-0.4, -0.2) is 32.5 Å². The Morgan fingerprint density at radius 2 is 1.87 bits per heavy atom. The maximum absolute atomic E-state index is 12.2. The van der Waals surface area contributed by atoms with Crippen LogP contribution < -0.4 is 0 Å². The van der Waals surface area contributed by atoms with Crippen molar-refractivity contribution < 1.29 is 31.1 Å². The molecule has 0 saturated carbocycles. The molecule has 1 aromatic rings. The number of ether oxygens (including phenoxy) is 1. The molecule has 1 aromatic carbocycles. The van der Waals surface area contributed by atoms with Gasteiger partial charge in [0.2, 0.25) is 0 Å². The van der Waals surface area contributed by atoms with Gasteiger partial charge in [0.1, 0.15) is 0 Å². The van der Waals surface area contributed by atoms with E-state index in [0.29, 0.717) is 3.57 Å². The summed E-state index contributed by atoms with van der Waals surface area (Å²) in [5.74, 6) is -0.753. The van der Waals surface area contributed by atoms with Crippen LogP contribution in [0.2, 0.25) is 0 Å². The van der Waals surface area contributed by atoms with Crippen LogP contribution in [0.1, 0.15) is 17.3 Å². The van der Waals surface area contributed by atoms with Gasteiger partial charge in [-0.15, -0.1) is 0 Å². The first-order chi connectivity index (χ1) is 10.3. The quantitative estimate of drug-likeness (QED) is 0.264. The number of carbonyl (C=O) groups is 1. The highest BCUT2D eigenvalue weighted by molar-refractivity contribution is 14.1. The fourth-order valence-corrected chi connectivity index (χ4v) is 4.34. The van der Waals surface area contributed by atoms with Crippen LogP contribution >= 0.6 is 67.8 Å². The highest BCUT2D eigenvalue weighted by Crippen LogP contribution is 2.29. The Hall–Kier alpha value is 0.580. The van der Waals surface area contributed by atoms with Crippen LogP contribution in [0, 0.1) is 10.7 Å². The van der Waals surface area contributed by atoms with Gasteiger partial charge in [-0.3, -0.25) is 0 Å². The van der Waals surface area contributed by atoms with Crippen molar-refractivity contribution in [3.05, 3.63) is 33.1 Å². The number of sulfonamides is 1. The van der Waals surface area contributed by atoms with Gasteiger partial charge < -0.3 is 9.46 Å². The summed E-state index contributed by atoms with van der Waals surface area (Å²) in [5, 5.41) is 0. The van der Waals surface area contributed by atoms with E-state index in [9.17, 15) is 26.4 Å². The summed E-state index contributed by atoms with van der Waals surface area (Å²) in [6.07, 6.45) is 0. The predicted octanol–water partition coefficient (Wildman–Crippen LogP) is 4.27. The van der Waals surface area contributed by atoms with E-state index in [1.807, 2.05) is 73.8 Å². The molecule has 5 nitrogen and oxygen atoms in total. The minimum atomic E-state index is -5.60. The highest BCUT2D eigenvalue weighted by Gasteiger charge is 2.39. The second-order valence-electron chi connectivity index (χ2n) is 4.22. The Balaban J connectivity index is 2.74. The Kier molecular flexibility index (Phi) is 7.81. The number of alkyl halides is 3. The second kappa shape index (κ2) is 8.31. The molecule has 1 atom stereocenters. The normalized spacial score (nSPS) is 13.7. The number of esters is 1. The van der Waals surface area contributed by atoms with Crippen molar-refractivity contribution >= 4 is 83.8 Å². The van der Waals surface area contributed by atoms with Crippen LogP contribution in [0.15, 0.2) is 12.1 Å². The molecule has 0 fully saturated rings. The van der Waals surface area contributed by atoms with Crippen molar-refractivity contribution in [1.29, 1.82) is 0 Å². The van der Waals surface area contributed by atoms with E-state index in [-0.39, 0.29) is 5.56 Å². The number of rotatable bonds is 5. The zero-order chi connectivity index (χ0) is 18.0. The van der Waals surface area contributed by atoms with E-state index in [2.05, 4.69) is 4.72 Å². The lowest BCUT2D eigenvalue weighted by atomic mass is 10.2. The topological polar surface area (TPSA) is 74.5 Å². The van der Waals surface area contributed by atoms with Gasteiger partial charge in [-0.1, -0.05) is 13.0 Å². The number of hydrogen-bond donors (Lipinski definition) is 0. The molecule has 130 valence electrons. The van der Waals surface area contributed by atoms with E-state index in [4.69, 9.17) is 4.74 Å². The number of carbonyl (C=O) groups excluding carboxylic acids is 1. The predicted molar refractivity (Wildman–Crippen MR) is 103 cm³/mol. The lowest BCUT2D eigenvalue weighted by Gasteiger charge is -2.28. The molecule has 0 bridgehead atoms. The molecule has 0 heterocycles. The van der Waals surface area contributed by atoms with Gasteiger partial charge in [0.15, 0.2) is 10.0 Å². The lowest BCUT2D eigenvalue weighted by molar-refractivity contribution is -0.0428. The van der Waals surface area contributed by atoms with E-state index >= 15 is 0 Å². The number of hydrogen-bond acceptors (Lipinski definition) is 4. The number of nitrogens with zero attached hydrogens (tertiary/aromatic N) is 1. The molecule has 1 rings (SSSR count). The van der Waals surface area contributed by atoms with Gasteiger partial charge in [-0.2, -0.15) is 13.2 Å². The Morgan fingerprint density at radius 1 is 1.30 bits per heavy atom. The SMILES string of the molecule is CC(COC(=O)c1cc(I)cc(I)c1I)[N-]S(=O)(=O)C(F)(F)F. The zero-order valence-electron chi connectivity index (χ0n) is 11.2. The third-order valence-electron chi connectivity index (χ3n) is 2.28. The van der Waals surface area contributed by atoms with E-state index in [1.165, 1.54) is 0 Å². The molecule has 1 unspecified atom stereocenters. The Morgan fingerprint density at radius 3 is 2.39 bits per heavy atom. The molecule has 0 aromatic heterocycles. The summed E-state index contributed by atoms with van der Waals surface area (Å²) < 4.78 is 68.2. The lowest BCUT2D eigenvalue weighted by Crippen LogP contribution is -2.27. The monoisotopic (exact) mass is 688 g/mol. The maximum Gasteiger partial charge on any atom is 0.480 e. The molecular weight excluding hydrogens is 680 g/mol. The van der Waals surface area contributed by atoms with Crippen molar-refractivity contribution in [3.63, 3.8) is 0 Å². The van der Waals surface area contributed by atoms with Crippen molar-refractivity contribution in [2.24, 2.45) is 0 Å². The zero-order valence-corrected chi connectivity index (χ0v) is 18.5. The van der Waals surface area contributed by atoms with Gasteiger partial charge in [-0.25, -0.2) is 13.2 Å². The summed E-state index contributed by atoms with van der Waals surface area (Å²) in [7, 11) is -5.60. The smallest absolute Gasteiger partial charge is 0.480 e. The van der Waals surface area contributed by atoms with Gasteiger partial charge in [0.25, 0.3) is 0 Å². The molecule has 0 aliphatic rings. The van der Waals surface area contributed by atoms with Crippen LogP contribution in [-0.2, 0) is 14.8 Å². The van der Waals surface area contributed by atoms with Crippen LogP contribution in [0.25, 0.3) is 4.72 Å². The molecule has 0 spiro atoms. The van der Waals surface area contributed by atoms with Crippen molar-refractivity contribution in [3.8, 4) is 0 Å². The molecule has 23 heavy (non-hydrogen) atoms. The van der Waals surface area contributed by atoms with Gasteiger partial charge in [0, 0.05) is 10.7 Å². The average molecular weight is 688 g/mol. The summed E-state index contributed by atoms with van der Waals surface area (Å²) in [6, 6.07) is 2.07. The minimum Gasteiger partial charge on any atom is -0.536 e. The van der Waals surface area contributed by atoms with Crippen molar-refractivity contribution in [1.82, 2.24) is 0 Å². The first kappa shape index (κ1) is 21.6. The molecule has 12 heteroatoms. The van der Waals surface area contributed by atoms with Gasteiger partial charge in [0.05, 0.1) is 12.2 Å². The highest BCUT2D eigenvalue weighted by atomic mass is 127. The van der Waals surface area contributed by atoms with Gasteiger partial charge >= 0.3 is 11.5 Å². The molecule has 0 saturated heterocycles. The summed E-state index contributed by atoms with van der Waals surface area (Å²) in [6.45, 7) is 0.534. The van der Waals surface area contributed by atoms with Crippen molar-refractivity contribution in [2.75, 3.05) is 6.61 Å². The van der Waals surface area contributed by atoms with E-state index < -0.39 is 34.1 Å². The van der Waals surface area contributed by atoms with E-state index in [0.717, 1.165) is 14.1 Å². The fourth-order valence-electron chi connectivity index (χ4n) is 1.31. The molecule has 0 aliphatic carbocycles. The first-order valence-electron chi connectivity index (χ1n) is 5.70. The molecular formula is C11H8F3I3NO4S-. The largest absolute Gasteiger partial charge is 0.536 e. The fraction of sp³-hybridized carbons (Fsp3) is 0.364.